The molecular weight excluding hydrogens is 348 g/mol. The van der Waals surface area contributed by atoms with E-state index >= 15 is 0 Å². The lowest BCUT2D eigenvalue weighted by Gasteiger charge is -2.30. The van der Waals surface area contributed by atoms with Crippen LogP contribution >= 0.6 is 0 Å². The standard InChI is InChI=1S/C19H26N4O4/c24-18(14-6-9-23(10-7-14)13-15-3-1-11-25-15)20-8-5-17-21-19(27-22-17)16-4-2-12-26-16/h1,3,11,14,16H,2,4-10,12-13H2,(H,20,24)/t16-/m0/s1. The van der Waals surface area contributed by atoms with Crippen LogP contribution in [0.5, 0.6) is 0 Å². The Morgan fingerprint density at radius 3 is 2.93 bits per heavy atom. The van der Waals surface area contributed by atoms with Crippen LogP contribution in [-0.2, 0) is 22.5 Å². The van der Waals surface area contributed by atoms with Gasteiger partial charge in [-0.1, -0.05) is 5.16 Å². The van der Waals surface area contributed by atoms with Gasteiger partial charge in [-0.25, -0.2) is 0 Å². The van der Waals surface area contributed by atoms with E-state index in [0.717, 1.165) is 57.7 Å². The predicted molar refractivity (Wildman–Crippen MR) is 95.6 cm³/mol. The molecule has 8 nitrogen and oxygen atoms in total. The molecule has 2 aromatic rings. The van der Waals surface area contributed by atoms with E-state index in [9.17, 15) is 4.79 Å². The maximum absolute atomic E-state index is 12.4. The second-order valence-electron chi connectivity index (χ2n) is 7.22. The van der Waals surface area contributed by atoms with E-state index in [1.807, 2.05) is 12.1 Å². The number of nitrogens with one attached hydrogen (secondary N) is 1. The highest BCUT2D eigenvalue weighted by molar-refractivity contribution is 5.78. The van der Waals surface area contributed by atoms with Crippen molar-refractivity contribution in [1.82, 2.24) is 20.4 Å². The number of likely N-dealkylation sites (tertiary alicyclic amines) is 1. The van der Waals surface area contributed by atoms with E-state index in [2.05, 4.69) is 20.4 Å². The summed E-state index contributed by atoms with van der Waals surface area (Å²) in [5, 5.41) is 6.99. The fourth-order valence-corrected chi connectivity index (χ4v) is 3.69. The first-order valence-corrected chi connectivity index (χ1v) is 9.74. The van der Waals surface area contributed by atoms with Gasteiger partial charge in [-0.15, -0.1) is 0 Å². The zero-order valence-electron chi connectivity index (χ0n) is 15.4. The Hall–Kier alpha value is -2.19. The van der Waals surface area contributed by atoms with Crippen molar-refractivity contribution in [1.29, 1.82) is 0 Å². The van der Waals surface area contributed by atoms with Gasteiger partial charge in [0.25, 0.3) is 5.89 Å². The quantitative estimate of drug-likeness (QED) is 0.793. The molecule has 2 saturated heterocycles. The number of amides is 1. The minimum absolute atomic E-state index is 0.0628. The first-order chi connectivity index (χ1) is 13.3. The number of ether oxygens (including phenoxy) is 1. The minimum atomic E-state index is -0.0628. The van der Waals surface area contributed by atoms with Crippen molar-refractivity contribution in [3.8, 4) is 0 Å². The average Bonchev–Trinajstić information content (AvgIpc) is 3.44. The third-order valence-corrected chi connectivity index (χ3v) is 5.25. The summed E-state index contributed by atoms with van der Waals surface area (Å²) < 4.78 is 16.2. The molecule has 2 fully saturated rings. The molecular formula is C19H26N4O4. The van der Waals surface area contributed by atoms with E-state index in [0.29, 0.717) is 24.7 Å². The number of carbonyl (C=O) groups is 1. The molecule has 1 amide bonds. The van der Waals surface area contributed by atoms with E-state index in [-0.39, 0.29) is 17.9 Å². The third-order valence-electron chi connectivity index (χ3n) is 5.25. The molecule has 0 radical (unpaired) electrons. The summed E-state index contributed by atoms with van der Waals surface area (Å²) in [5.41, 5.74) is 0. The third kappa shape index (κ3) is 4.75. The second-order valence-corrected chi connectivity index (χ2v) is 7.22. The van der Waals surface area contributed by atoms with Crippen LogP contribution in [0.15, 0.2) is 27.3 Å². The molecule has 0 bridgehead atoms. The van der Waals surface area contributed by atoms with Gasteiger partial charge in [0.2, 0.25) is 5.91 Å². The maximum atomic E-state index is 12.4. The van der Waals surface area contributed by atoms with Crippen LogP contribution in [0.2, 0.25) is 0 Å². The van der Waals surface area contributed by atoms with Crippen LogP contribution in [0.25, 0.3) is 0 Å². The van der Waals surface area contributed by atoms with Crippen LogP contribution in [0, 0.1) is 5.92 Å². The molecule has 0 unspecified atom stereocenters. The largest absolute Gasteiger partial charge is 0.468 e. The molecule has 1 atom stereocenters. The monoisotopic (exact) mass is 374 g/mol. The number of nitrogens with zero attached hydrogens (tertiary/aromatic N) is 3. The summed E-state index contributed by atoms with van der Waals surface area (Å²) in [6, 6.07) is 3.89. The molecule has 27 heavy (non-hydrogen) atoms. The zero-order chi connectivity index (χ0) is 18.5. The number of rotatable bonds is 7. The molecule has 0 aromatic carbocycles. The summed E-state index contributed by atoms with van der Waals surface area (Å²) in [7, 11) is 0. The van der Waals surface area contributed by atoms with E-state index < -0.39 is 0 Å². The normalized spacial score (nSPS) is 21.6. The van der Waals surface area contributed by atoms with Gasteiger partial charge in [0.1, 0.15) is 11.9 Å². The van der Waals surface area contributed by atoms with E-state index in [4.69, 9.17) is 13.7 Å². The lowest BCUT2D eigenvalue weighted by atomic mass is 9.96. The Morgan fingerprint density at radius 2 is 2.19 bits per heavy atom. The topological polar surface area (TPSA) is 93.6 Å². The van der Waals surface area contributed by atoms with Gasteiger partial charge < -0.3 is 19.0 Å². The molecule has 8 heteroatoms. The molecule has 4 heterocycles. The SMILES string of the molecule is O=C(NCCc1noc([C@@H]2CCCO2)n1)C1CCN(Cc2ccco2)CC1. The maximum Gasteiger partial charge on any atom is 0.255 e. The Balaban J connectivity index is 1.16. The zero-order valence-corrected chi connectivity index (χ0v) is 15.4. The first kappa shape index (κ1) is 18.2. The highest BCUT2D eigenvalue weighted by Gasteiger charge is 2.26. The van der Waals surface area contributed by atoms with E-state index in [1.54, 1.807) is 6.26 Å². The molecule has 0 saturated carbocycles. The van der Waals surface area contributed by atoms with Crippen LogP contribution in [-0.4, -0.2) is 47.2 Å². The Bertz CT molecular complexity index is 716. The number of carbonyl (C=O) groups excluding carboxylic acids is 1. The fraction of sp³-hybridized carbons (Fsp3) is 0.632. The van der Waals surface area contributed by atoms with Crippen LogP contribution in [0.1, 0.15) is 49.3 Å². The Labute approximate surface area is 158 Å². The van der Waals surface area contributed by atoms with Crippen molar-refractivity contribution < 1.29 is 18.5 Å². The molecule has 2 aliphatic rings. The molecule has 2 aliphatic heterocycles. The van der Waals surface area contributed by atoms with Gasteiger partial charge in [0.15, 0.2) is 5.82 Å². The van der Waals surface area contributed by atoms with Gasteiger partial charge in [0, 0.05) is 25.5 Å². The van der Waals surface area contributed by atoms with Crippen molar-refractivity contribution in [2.75, 3.05) is 26.2 Å². The molecule has 0 spiro atoms. The van der Waals surface area contributed by atoms with Gasteiger partial charge in [0.05, 0.1) is 12.8 Å². The van der Waals surface area contributed by atoms with Gasteiger partial charge in [-0.2, -0.15) is 4.98 Å². The summed E-state index contributed by atoms with van der Waals surface area (Å²) in [6.45, 7) is 3.91. The number of hydrogen-bond donors (Lipinski definition) is 1. The van der Waals surface area contributed by atoms with Crippen LogP contribution < -0.4 is 5.32 Å². The van der Waals surface area contributed by atoms with Crippen molar-refractivity contribution in [3.63, 3.8) is 0 Å². The lowest BCUT2D eigenvalue weighted by Crippen LogP contribution is -2.40. The van der Waals surface area contributed by atoms with Crippen molar-refractivity contribution in [2.45, 2.75) is 44.8 Å². The van der Waals surface area contributed by atoms with Gasteiger partial charge in [-0.3, -0.25) is 9.69 Å². The summed E-state index contributed by atoms with van der Waals surface area (Å²) in [5.74, 6) is 2.34. The summed E-state index contributed by atoms with van der Waals surface area (Å²) in [6.07, 6.45) is 5.90. The smallest absolute Gasteiger partial charge is 0.255 e. The highest BCUT2D eigenvalue weighted by atomic mass is 16.5. The molecule has 2 aromatic heterocycles. The Morgan fingerprint density at radius 1 is 1.30 bits per heavy atom. The molecule has 1 N–H and O–H groups in total. The summed E-state index contributed by atoms with van der Waals surface area (Å²) in [4.78, 5) is 19.1. The first-order valence-electron chi connectivity index (χ1n) is 9.74. The number of furan rings is 1. The molecule has 0 aliphatic carbocycles. The number of piperidine rings is 1. The van der Waals surface area contributed by atoms with Crippen molar-refractivity contribution >= 4 is 5.91 Å². The predicted octanol–water partition coefficient (Wildman–Crippen LogP) is 2.08. The van der Waals surface area contributed by atoms with Crippen molar-refractivity contribution in [2.24, 2.45) is 5.92 Å². The van der Waals surface area contributed by atoms with Crippen LogP contribution in [0.3, 0.4) is 0 Å². The number of hydrogen-bond acceptors (Lipinski definition) is 7. The van der Waals surface area contributed by atoms with Crippen molar-refractivity contribution in [3.05, 3.63) is 35.9 Å². The molecule has 146 valence electrons. The Kier molecular flexibility index (Phi) is 5.84. The fourth-order valence-electron chi connectivity index (χ4n) is 3.69. The van der Waals surface area contributed by atoms with Crippen LogP contribution in [0.4, 0.5) is 0 Å². The van der Waals surface area contributed by atoms with Gasteiger partial charge >= 0.3 is 0 Å². The second kappa shape index (κ2) is 8.67. The molecule has 4 rings (SSSR count). The average molecular weight is 374 g/mol. The van der Waals surface area contributed by atoms with Gasteiger partial charge in [-0.05, 0) is 50.9 Å². The highest BCUT2D eigenvalue weighted by Crippen LogP contribution is 2.26. The van der Waals surface area contributed by atoms with E-state index in [1.165, 1.54) is 0 Å². The minimum Gasteiger partial charge on any atom is -0.468 e. The summed E-state index contributed by atoms with van der Waals surface area (Å²) >= 11 is 0. The number of aromatic nitrogens is 2. The lowest BCUT2D eigenvalue weighted by molar-refractivity contribution is -0.126.